The third kappa shape index (κ3) is 4.01. The zero-order valence-electron chi connectivity index (χ0n) is 15.0. The van der Waals surface area contributed by atoms with Crippen LogP contribution in [-0.4, -0.2) is 10.1 Å². The fraction of sp³-hybridized carbons (Fsp3) is 0.130. The van der Waals surface area contributed by atoms with Gasteiger partial charge in [-0.1, -0.05) is 83.0 Å². The Labute approximate surface area is 167 Å². The molecular formula is C23H19BrN2O. The molecule has 0 fully saturated rings. The monoisotopic (exact) mass is 418 g/mol. The van der Waals surface area contributed by atoms with Gasteiger partial charge in [0.15, 0.2) is 0 Å². The Hall–Kier alpha value is -2.72. The molecule has 1 aromatic heterocycles. The highest BCUT2D eigenvalue weighted by Gasteiger charge is 2.10. The van der Waals surface area contributed by atoms with Crippen molar-refractivity contribution in [2.45, 2.75) is 19.8 Å². The maximum atomic E-state index is 5.42. The number of hydrogen-bond acceptors (Lipinski definition) is 3. The first-order valence-electron chi connectivity index (χ1n) is 9.02. The van der Waals surface area contributed by atoms with Gasteiger partial charge in [0, 0.05) is 15.6 Å². The number of halogens is 1. The predicted molar refractivity (Wildman–Crippen MR) is 112 cm³/mol. The summed E-state index contributed by atoms with van der Waals surface area (Å²) >= 11 is 3.43. The fourth-order valence-electron chi connectivity index (χ4n) is 3.01. The molecule has 27 heavy (non-hydrogen) atoms. The molecule has 4 aromatic rings. The second-order valence-corrected chi connectivity index (χ2v) is 7.37. The van der Waals surface area contributed by atoms with E-state index in [9.17, 15) is 0 Å². The number of hydrogen-bond donors (Lipinski definition) is 0. The van der Waals surface area contributed by atoms with Gasteiger partial charge in [0.25, 0.3) is 5.89 Å². The zero-order chi connectivity index (χ0) is 18.6. The first-order valence-corrected chi connectivity index (χ1v) is 9.81. The summed E-state index contributed by atoms with van der Waals surface area (Å²) in [4.78, 5) is 4.52. The minimum atomic E-state index is 0.521. The highest BCUT2D eigenvalue weighted by Crippen LogP contribution is 2.26. The molecular weight excluding hydrogens is 400 g/mol. The minimum Gasteiger partial charge on any atom is -0.334 e. The molecule has 0 radical (unpaired) electrons. The summed E-state index contributed by atoms with van der Waals surface area (Å²) in [6.07, 6.45) is 2.29. The molecule has 0 spiro atoms. The van der Waals surface area contributed by atoms with Crippen molar-refractivity contribution in [3.8, 4) is 34.0 Å². The van der Waals surface area contributed by atoms with Crippen LogP contribution in [0.1, 0.15) is 18.9 Å². The Kier molecular flexibility index (Phi) is 5.16. The molecule has 3 nitrogen and oxygen atoms in total. The molecule has 1 heterocycles. The Bertz CT molecular complexity index is 1020. The van der Waals surface area contributed by atoms with Gasteiger partial charge in [0.1, 0.15) is 0 Å². The van der Waals surface area contributed by atoms with Crippen LogP contribution in [0.5, 0.6) is 0 Å². The number of nitrogens with zero attached hydrogens (tertiary/aromatic N) is 2. The largest absolute Gasteiger partial charge is 0.334 e. The fourth-order valence-corrected chi connectivity index (χ4v) is 3.28. The smallest absolute Gasteiger partial charge is 0.258 e. The van der Waals surface area contributed by atoms with Crippen molar-refractivity contribution < 1.29 is 4.52 Å². The van der Waals surface area contributed by atoms with Gasteiger partial charge in [0.05, 0.1) is 0 Å². The van der Waals surface area contributed by atoms with Gasteiger partial charge < -0.3 is 4.52 Å². The van der Waals surface area contributed by atoms with Gasteiger partial charge in [-0.25, -0.2) is 0 Å². The highest BCUT2D eigenvalue weighted by atomic mass is 79.9. The molecule has 4 heteroatoms. The average molecular weight is 419 g/mol. The minimum absolute atomic E-state index is 0.521. The van der Waals surface area contributed by atoms with Crippen LogP contribution >= 0.6 is 15.9 Å². The van der Waals surface area contributed by atoms with Gasteiger partial charge in [-0.05, 0) is 47.4 Å². The van der Waals surface area contributed by atoms with E-state index in [1.165, 1.54) is 23.1 Å². The van der Waals surface area contributed by atoms with E-state index in [0.717, 1.165) is 22.0 Å². The van der Waals surface area contributed by atoms with Crippen LogP contribution < -0.4 is 0 Å². The van der Waals surface area contributed by atoms with Gasteiger partial charge in [-0.2, -0.15) is 4.98 Å². The lowest BCUT2D eigenvalue weighted by Gasteiger charge is -2.04. The molecule has 3 aromatic carbocycles. The molecule has 0 saturated carbocycles. The van der Waals surface area contributed by atoms with Crippen molar-refractivity contribution in [3.05, 3.63) is 82.8 Å². The molecule has 0 aliphatic carbocycles. The van der Waals surface area contributed by atoms with E-state index < -0.39 is 0 Å². The van der Waals surface area contributed by atoms with Crippen LogP contribution in [0.25, 0.3) is 34.0 Å². The second kappa shape index (κ2) is 7.89. The van der Waals surface area contributed by atoms with E-state index in [2.05, 4.69) is 69.4 Å². The second-order valence-electron chi connectivity index (χ2n) is 6.45. The normalized spacial score (nSPS) is 10.9. The van der Waals surface area contributed by atoms with Crippen molar-refractivity contribution in [3.63, 3.8) is 0 Å². The molecule has 0 aliphatic rings. The Morgan fingerprint density at radius 1 is 0.741 bits per heavy atom. The maximum absolute atomic E-state index is 5.42. The van der Waals surface area contributed by atoms with Crippen molar-refractivity contribution in [2.75, 3.05) is 0 Å². The number of rotatable bonds is 5. The van der Waals surface area contributed by atoms with Gasteiger partial charge in [0.2, 0.25) is 5.82 Å². The Morgan fingerprint density at radius 3 is 1.93 bits per heavy atom. The SMILES string of the molecule is CCCc1ccc(-c2ccc(-c3noc(-c4ccc(Br)cc4)n3)cc2)cc1. The molecule has 0 amide bonds. The lowest BCUT2D eigenvalue weighted by molar-refractivity contribution is 0.432. The average Bonchev–Trinajstić information content (AvgIpc) is 3.20. The van der Waals surface area contributed by atoms with E-state index in [-0.39, 0.29) is 0 Å². The van der Waals surface area contributed by atoms with Gasteiger partial charge in [-0.3, -0.25) is 0 Å². The highest BCUT2D eigenvalue weighted by molar-refractivity contribution is 9.10. The molecule has 0 saturated heterocycles. The van der Waals surface area contributed by atoms with Crippen LogP contribution in [0.4, 0.5) is 0 Å². The van der Waals surface area contributed by atoms with Crippen LogP contribution in [0, 0.1) is 0 Å². The Balaban J connectivity index is 1.54. The van der Waals surface area contributed by atoms with Gasteiger partial charge >= 0.3 is 0 Å². The summed E-state index contributed by atoms with van der Waals surface area (Å²) in [6.45, 7) is 2.20. The summed E-state index contributed by atoms with van der Waals surface area (Å²) in [5, 5.41) is 4.12. The van der Waals surface area contributed by atoms with Crippen LogP contribution in [-0.2, 0) is 6.42 Å². The Morgan fingerprint density at radius 2 is 1.30 bits per heavy atom. The lowest BCUT2D eigenvalue weighted by atomic mass is 10.0. The summed E-state index contributed by atoms with van der Waals surface area (Å²) in [7, 11) is 0. The zero-order valence-corrected chi connectivity index (χ0v) is 16.6. The van der Waals surface area contributed by atoms with Crippen LogP contribution in [0.2, 0.25) is 0 Å². The standard InChI is InChI=1S/C23H19BrN2O/c1-2-3-16-4-6-17(7-5-16)18-8-10-19(11-9-18)22-25-23(27-26-22)20-12-14-21(24)15-13-20/h4-15H,2-3H2,1H3. The van der Waals surface area contributed by atoms with Crippen molar-refractivity contribution in [1.82, 2.24) is 10.1 Å². The van der Waals surface area contributed by atoms with Crippen LogP contribution in [0.3, 0.4) is 0 Å². The van der Waals surface area contributed by atoms with Crippen LogP contribution in [0.15, 0.2) is 81.8 Å². The molecule has 0 atom stereocenters. The molecule has 4 rings (SSSR count). The van der Waals surface area contributed by atoms with E-state index in [0.29, 0.717) is 11.7 Å². The number of aryl methyl sites for hydroxylation is 1. The first-order chi connectivity index (χ1) is 13.2. The maximum Gasteiger partial charge on any atom is 0.258 e. The summed E-state index contributed by atoms with van der Waals surface area (Å²) < 4.78 is 6.44. The van der Waals surface area contributed by atoms with E-state index in [4.69, 9.17) is 4.52 Å². The molecule has 0 aliphatic heterocycles. The van der Waals surface area contributed by atoms with Crippen molar-refractivity contribution in [2.24, 2.45) is 0 Å². The van der Waals surface area contributed by atoms with Crippen molar-refractivity contribution >= 4 is 15.9 Å². The summed E-state index contributed by atoms with van der Waals surface area (Å²) in [5.74, 6) is 1.12. The summed E-state index contributed by atoms with van der Waals surface area (Å²) in [5.41, 5.74) is 5.61. The molecule has 0 bridgehead atoms. The number of benzene rings is 3. The van der Waals surface area contributed by atoms with E-state index >= 15 is 0 Å². The third-order valence-electron chi connectivity index (χ3n) is 4.49. The molecule has 134 valence electrons. The third-order valence-corrected chi connectivity index (χ3v) is 5.01. The molecule has 0 unspecified atom stereocenters. The summed E-state index contributed by atoms with van der Waals surface area (Å²) in [6, 6.07) is 24.8. The molecule has 0 N–H and O–H groups in total. The van der Waals surface area contributed by atoms with Crippen molar-refractivity contribution in [1.29, 1.82) is 0 Å². The number of aromatic nitrogens is 2. The quantitative estimate of drug-likeness (QED) is 0.358. The lowest BCUT2D eigenvalue weighted by Crippen LogP contribution is -1.85. The van der Waals surface area contributed by atoms with E-state index in [1.807, 2.05) is 36.4 Å². The topological polar surface area (TPSA) is 38.9 Å². The van der Waals surface area contributed by atoms with Gasteiger partial charge in [-0.15, -0.1) is 0 Å². The van der Waals surface area contributed by atoms with E-state index in [1.54, 1.807) is 0 Å². The first kappa shape index (κ1) is 17.7. The predicted octanol–water partition coefficient (Wildman–Crippen LogP) is 6.79.